The van der Waals surface area contributed by atoms with Crippen LogP contribution in [0.5, 0.6) is 0 Å². The Kier molecular flexibility index (Phi) is 2.91. The van der Waals surface area contributed by atoms with Gasteiger partial charge in [0.1, 0.15) is 0 Å². The quantitative estimate of drug-likeness (QED) is 0.680. The number of hydrogen-bond acceptors (Lipinski definition) is 3. The lowest BCUT2D eigenvalue weighted by Gasteiger charge is -2.22. The first-order chi connectivity index (χ1) is 6.54. The zero-order valence-electron chi connectivity index (χ0n) is 7.73. The lowest BCUT2D eigenvalue weighted by molar-refractivity contribution is -0.132. The van der Waals surface area contributed by atoms with Crippen molar-refractivity contribution in [1.29, 1.82) is 0 Å². The predicted octanol–water partition coefficient (Wildman–Crippen LogP) is 0.301. The Bertz CT molecular complexity index is 330. The van der Waals surface area contributed by atoms with Crippen molar-refractivity contribution < 1.29 is 19.8 Å². The molecule has 0 atom stereocenters. The molecule has 0 saturated heterocycles. The van der Waals surface area contributed by atoms with Crippen LogP contribution < -0.4 is 0 Å². The molecule has 0 fully saturated rings. The van der Waals surface area contributed by atoms with E-state index in [2.05, 4.69) is 0 Å². The summed E-state index contributed by atoms with van der Waals surface area (Å²) < 4.78 is 0. The van der Waals surface area contributed by atoms with E-state index in [1.54, 1.807) is 4.90 Å². The second-order valence-corrected chi connectivity index (χ2v) is 2.93. The van der Waals surface area contributed by atoms with E-state index >= 15 is 0 Å². The van der Waals surface area contributed by atoms with Gasteiger partial charge in [-0.05, 0) is 13.0 Å². The summed E-state index contributed by atoms with van der Waals surface area (Å²) in [7, 11) is 0. The third kappa shape index (κ3) is 2.12. The molecule has 0 aromatic rings. The first-order valence-corrected chi connectivity index (χ1v) is 4.17. The molecule has 0 bridgehead atoms. The number of rotatable bonds is 3. The van der Waals surface area contributed by atoms with Crippen LogP contribution in [0.4, 0.5) is 0 Å². The maximum absolute atomic E-state index is 10.7. The molecule has 0 radical (unpaired) electrons. The molecule has 0 aliphatic carbocycles. The standard InChI is InChI=1S/C9H11NO4/c1-2-10-4-6(8(11)12)3-7(5-10)9(13)14/h3-4H,2,5H2,1H3,(H,11,12)(H,13,14). The molecule has 1 aliphatic heterocycles. The summed E-state index contributed by atoms with van der Waals surface area (Å²) >= 11 is 0. The Morgan fingerprint density at radius 1 is 1.43 bits per heavy atom. The topological polar surface area (TPSA) is 77.8 Å². The first kappa shape index (κ1) is 10.3. The van der Waals surface area contributed by atoms with Crippen LogP contribution in [-0.2, 0) is 9.59 Å². The van der Waals surface area contributed by atoms with Gasteiger partial charge in [0.2, 0.25) is 0 Å². The van der Waals surface area contributed by atoms with Gasteiger partial charge in [0.05, 0.1) is 11.1 Å². The van der Waals surface area contributed by atoms with E-state index < -0.39 is 11.9 Å². The van der Waals surface area contributed by atoms with Crippen LogP contribution in [0.25, 0.3) is 0 Å². The second-order valence-electron chi connectivity index (χ2n) is 2.93. The minimum Gasteiger partial charge on any atom is -0.478 e. The molecular weight excluding hydrogens is 186 g/mol. The second kappa shape index (κ2) is 3.95. The van der Waals surface area contributed by atoms with Crippen molar-refractivity contribution in [2.24, 2.45) is 0 Å². The molecule has 5 heteroatoms. The van der Waals surface area contributed by atoms with Crippen LogP contribution >= 0.6 is 0 Å². The minimum atomic E-state index is -1.11. The van der Waals surface area contributed by atoms with Crippen molar-refractivity contribution in [2.75, 3.05) is 13.1 Å². The van der Waals surface area contributed by atoms with Gasteiger partial charge in [0.15, 0.2) is 0 Å². The van der Waals surface area contributed by atoms with Crippen LogP contribution in [0.15, 0.2) is 23.4 Å². The Morgan fingerprint density at radius 3 is 2.50 bits per heavy atom. The largest absolute Gasteiger partial charge is 0.478 e. The molecule has 0 spiro atoms. The smallest absolute Gasteiger partial charge is 0.337 e. The summed E-state index contributed by atoms with van der Waals surface area (Å²) in [6.07, 6.45) is 2.64. The van der Waals surface area contributed by atoms with Crippen molar-refractivity contribution in [2.45, 2.75) is 6.92 Å². The van der Waals surface area contributed by atoms with Gasteiger partial charge in [-0.2, -0.15) is 0 Å². The van der Waals surface area contributed by atoms with Gasteiger partial charge in [-0.3, -0.25) is 0 Å². The molecule has 0 amide bonds. The molecule has 76 valence electrons. The monoisotopic (exact) mass is 197 g/mol. The molecular formula is C9H11NO4. The van der Waals surface area contributed by atoms with E-state index in [0.29, 0.717) is 6.54 Å². The van der Waals surface area contributed by atoms with E-state index in [0.717, 1.165) is 0 Å². The van der Waals surface area contributed by atoms with Crippen molar-refractivity contribution in [3.8, 4) is 0 Å². The zero-order valence-corrected chi connectivity index (χ0v) is 7.73. The fourth-order valence-electron chi connectivity index (χ4n) is 1.18. The van der Waals surface area contributed by atoms with Gasteiger partial charge in [-0.1, -0.05) is 0 Å². The van der Waals surface area contributed by atoms with E-state index in [-0.39, 0.29) is 17.7 Å². The molecule has 0 saturated carbocycles. The van der Waals surface area contributed by atoms with Crippen LogP contribution in [-0.4, -0.2) is 40.1 Å². The SMILES string of the molecule is CCN1C=C(C(=O)O)C=C(C(=O)O)C1. The molecule has 0 aromatic carbocycles. The lowest BCUT2D eigenvalue weighted by Crippen LogP contribution is -2.27. The van der Waals surface area contributed by atoms with Gasteiger partial charge in [-0.25, -0.2) is 9.59 Å². The Labute approximate surface area is 80.9 Å². The van der Waals surface area contributed by atoms with Crippen LogP contribution in [0.3, 0.4) is 0 Å². The molecule has 2 N–H and O–H groups in total. The summed E-state index contributed by atoms with van der Waals surface area (Å²) in [5.74, 6) is -2.18. The summed E-state index contributed by atoms with van der Waals surface area (Å²) in [6, 6.07) is 0. The number of aliphatic carboxylic acids is 2. The Morgan fingerprint density at radius 2 is 2.07 bits per heavy atom. The van der Waals surface area contributed by atoms with Gasteiger partial charge < -0.3 is 15.1 Å². The first-order valence-electron chi connectivity index (χ1n) is 4.17. The summed E-state index contributed by atoms with van der Waals surface area (Å²) in [4.78, 5) is 23.0. The van der Waals surface area contributed by atoms with Gasteiger partial charge in [-0.15, -0.1) is 0 Å². The molecule has 0 aromatic heterocycles. The lowest BCUT2D eigenvalue weighted by atomic mass is 10.1. The van der Waals surface area contributed by atoms with Crippen molar-refractivity contribution in [1.82, 2.24) is 4.90 Å². The van der Waals surface area contributed by atoms with Gasteiger partial charge in [0.25, 0.3) is 0 Å². The average molecular weight is 197 g/mol. The number of likely N-dealkylation sites (N-methyl/N-ethyl adjacent to an activating group) is 1. The molecule has 14 heavy (non-hydrogen) atoms. The summed E-state index contributed by atoms with van der Waals surface area (Å²) in [5.41, 5.74) is 0.113. The maximum atomic E-state index is 10.7. The summed E-state index contributed by atoms with van der Waals surface area (Å²) in [5, 5.41) is 17.5. The zero-order chi connectivity index (χ0) is 10.7. The average Bonchev–Trinajstić information content (AvgIpc) is 2.16. The third-order valence-electron chi connectivity index (χ3n) is 1.95. The highest BCUT2D eigenvalue weighted by atomic mass is 16.4. The molecule has 1 heterocycles. The molecule has 5 nitrogen and oxygen atoms in total. The number of nitrogens with zero attached hydrogens (tertiary/aromatic N) is 1. The van der Waals surface area contributed by atoms with Crippen LogP contribution in [0, 0.1) is 0 Å². The Balaban J connectivity index is 2.97. The van der Waals surface area contributed by atoms with Gasteiger partial charge >= 0.3 is 11.9 Å². The highest BCUT2D eigenvalue weighted by Crippen LogP contribution is 2.13. The van der Waals surface area contributed by atoms with Crippen molar-refractivity contribution >= 4 is 11.9 Å². The van der Waals surface area contributed by atoms with Crippen molar-refractivity contribution in [3.63, 3.8) is 0 Å². The molecule has 1 rings (SSSR count). The summed E-state index contributed by atoms with van der Waals surface area (Å²) in [6.45, 7) is 2.67. The fraction of sp³-hybridized carbons (Fsp3) is 0.333. The fourth-order valence-corrected chi connectivity index (χ4v) is 1.18. The number of carboxylic acid groups (broad SMARTS) is 2. The number of carbonyl (C=O) groups is 2. The van der Waals surface area contributed by atoms with Crippen LogP contribution in [0.1, 0.15) is 6.92 Å². The third-order valence-corrected chi connectivity index (χ3v) is 1.95. The highest BCUT2D eigenvalue weighted by molar-refractivity contribution is 5.95. The van der Waals surface area contributed by atoms with Crippen LogP contribution in [0.2, 0.25) is 0 Å². The Hall–Kier alpha value is -1.78. The number of hydrogen-bond donors (Lipinski definition) is 2. The van der Waals surface area contributed by atoms with E-state index in [1.165, 1.54) is 12.3 Å². The minimum absolute atomic E-state index is 0.00972. The van der Waals surface area contributed by atoms with E-state index in [9.17, 15) is 9.59 Å². The molecule has 1 aliphatic rings. The predicted molar refractivity (Wildman–Crippen MR) is 48.7 cm³/mol. The highest BCUT2D eigenvalue weighted by Gasteiger charge is 2.19. The maximum Gasteiger partial charge on any atom is 0.337 e. The molecule has 0 unspecified atom stereocenters. The van der Waals surface area contributed by atoms with Gasteiger partial charge in [0, 0.05) is 19.3 Å². The van der Waals surface area contributed by atoms with Crippen molar-refractivity contribution in [3.05, 3.63) is 23.4 Å². The van der Waals surface area contributed by atoms with E-state index in [1.807, 2.05) is 6.92 Å². The normalized spacial score (nSPS) is 15.9. The number of carboxylic acids is 2. The van der Waals surface area contributed by atoms with E-state index in [4.69, 9.17) is 10.2 Å².